The van der Waals surface area contributed by atoms with Crippen LogP contribution in [0, 0.1) is 0 Å². The first-order valence-corrected chi connectivity index (χ1v) is 8.85. The van der Waals surface area contributed by atoms with Crippen LogP contribution < -0.4 is 0 Å². The standard InChI is InChI=1S/C14H12Cl2O2S2/c1-2-10-4-6-13(19-10)12(17)8-20(18)14-7-9(15)3-5-11(14)16/h3-7H,2,8H2,1H3. The number of thiophene rings is 1. The molecule has 0 spiro atoms. The van der Waals surface area contributed by atoms with Gasteiger partial charge in [-0.25, -0.2) is 0 Å². The van der Waals surface area contributed by atoms with E-state index in [-0.39, 0.29) is 11.5 Å². The lowest BCUT2D eigenvalue weighted by molar-refractivity contribution is 0.102. The summed E-state index contributed by atoms with van der Waals surface area (Å²) < 4.78 is 12.2. The summed E-state index contributed by atoms with van der Waals surface area (Å²) in [6, 6.07) is 8.45. The summed E-state index contributed by atoms with van der Waals surface area (Å²) in [5.41, 5.74) is 0. The van der Waals surface area contributed by atoms with E-state index >= 15 is 0 Å². The van der Waals surface area contributed by atoms with Gasteiger partial charge in [0.15, 0.2) is 5.78 Å². The Morgan fingerprint density at radius 3 is 2.65 bits per heavy atom. The predicted molar refractivity (Wildman–Crippen MR) is 85.8 cm³/mol. The first-order chi connectivity index (χ1) is 9.51. The Labute approximate surface area is 134 Å². The predicted octanol–water partition coefficient (Wildman–Crippen LogP) is 4.61. The fourth-order valence-electron chi connectivity index (χ4n) is 1.64. The van der Waals surface area contributed by atoms with Crippen LogP contribution in [0.2, 0.25) is 10.0 Å². The van der Waals surface area contributed by atoms with Gasteiger partial charge in [-0.2, -0.15) is 0 Å². The van der Waals surface area contributed by atoms with Crippen molar-refractivity contribution in [2.75, 3.05) is 5.75 Å². The third kappa shape index (κ3) is 3.70. The van der Waals surface area contributed by atoms with Gasteiger partial charge < -0.3 is 0 Å². The molecule has 1 atom stereocenters. The molecular weight excluding hydrogens is 335 g/mol. The molecule has 6 heteroatoms. The summed E-state index contributed by atoms with van der Waals surface area (Å²) in [6.07, 6.45) is 0.890. The van der Waals surface area contributed by atoms with E-state index in [1.54, 1.807) is 24.3 Å². The average Bonchev–Trinajstić information content (AvgIpc) is 2.90. The molecule has 2 rings (SSSR count). The number of carbonyl (C=O) groups is 1. The molecule has 1 aromatic heterocycles. The Balaban J connectivity index is 2.15. The number of ketones is 1. The molecule has 0 aliphatic heterocycles. The van der Waals surface area contributed by atoms with Gasteiger partial charge in [0, 0.05) is 9.90 Å². The third-order valence-corrected chi connectivity index (χ3v) is 5.99. The van der Waals surface area contributed by atoms with Crippen LogP contribution in [-0.4, -0.2) is 15.7 Å². The van der Waals surface area contributed by atoms with E-state index in [1.165, 1.54) is 11.3 Å². The molecule has 0 fully saturated rings. The molecule has 1 unspecified atom stereocenters. The van der Waals surface area contributed by atoms with Crippen LogP contribution in [0.1, 0.15) is 21.5 Å². The second kappa shape index (κ2) is 6.85. The summed E-state index contributed by atoms with van der Waals surface area (Å²) in [7, 11) is -1.49. The molecule has 1 heterocycles. The minimum Gasteiger partial charge on any atom is -0.292 e. The molecule has 2 aromatic rings. The molecule has 0 amide bonds. The summed E-state index contributed by atoms with van der Waals surface area (Å²) >= 11 is 13.3. The van der Waals surface area contributed by atoms with Gasteiger partial charge >= 0.3 is 0 Å². The Bertz CT molecular complexity index is 665. The van der Waals surface area contributed by atoms with Crippen molar-refractivity contribution in [1.29, 1.82) is 0 Å². The molecule has 2 nitrogen and oxygen atoms in total. The van der Waals surface area contributed by atoms with Gasteiger partial charge in [0.2, 0.25) is 0 Å². The first kappa shape index (κ1) is 15.7. The Morgan fingerprint density at radius 2 is 2.00 bits per heavy atom. The van der Waals surface area contributed by atoms with Crippen LogP contribution in [0.5, 0.6) is 0 Å². The van der Waals surface area contributed by atoms with Gasteiger partial charge in [0.25, 0.3) is 0 Å². The largest absolute Gasteiger partial charge is 0.292 e. The smallest absolute Gasteiger partial charge is 0.185 e. The minimum atomic E-state index is -1.49. The molecule has 0 saturated carbocycles. The van der Waals surface area contributed by atoms with Gasteiger partial charge in [-0.1, -0.05) is 30.1 Å². The number of halogens is 2. The molecule has 0 saturated heterocycles. The van der Waals surface area contributed by atoms with E-state index in [0.29, 0.717) is 19.8 Å². The Kier molecular flexibility index (Phi) is 5.38. The maximum atomic E-state index is 12.2. The average molecular weight is 347 g/mol. The fourth-order valence-corrected chi connectivity index (χ4v) is 4.32. The molecule has 20 heavy (non-hydrogen) atoms. The van der Waals surface area contributed by atoms with Crippen molar-refractivity contribution in [3.63, 3.8) is 0 Å². The van der Waals surface area contributed by atoms with E-state index < -0.39 is 10.8 Å². The van der Waals surface area contributed by atoms with Crippen molar-refractivity contribution in [3.8, 4) is 0 Å². The van der Waals surface area contributed by atoms with Crippen LogP contribution in [0.25, 0.3) is 0 Å². The monoisotopic (exact) mass is 346 g/mol. The maximum absolute atomic E-state index is 12.2. The van der Waals surface area contributed by atoms with Crippen molar-refractivity contribution in [2.45, 2.75) is 18.2 Å². The zero-order valence-corrected chi connectivity index (χ0v) is 13.8. The topological polar surface area (TPSA) is 34.1 Å². The summed E-state index contributed by atoms with van der Waals surface area (Å²) in [5, 5.41) is 0.815. The number of benzene rings is 1. The lowest BCUT2D eigenvalue weighted by Gasteiger charge is -2.04. The number of rotatable bonds is 5. The molecule has 0 radical (unpaired) electrons. The van der Waals surface area contributed by atoms with Crippen molar-refractivity contribution in [2.24, 2.45) is 0 Å². The van der Waals surface area contributed by atoms with E-state index in [2.05, 4.69) is 0 Å². The Morgan fingerprint density at radius 1 is 1.25 bits per heavy atom. The highest BCUT2D eigenvalue weighted by molar-refractivity contribution is 7.86. The zero-order chi connectivity index (χ0) is 14.7. The Hall–Kier alpha value is -0.680. The van der Waals surface area contributed by atoms with E-state index in [1.807, 2.05) is 13.0 Å². The van der Waals surface area contributed by atoms with E-state index in [4.69, 9.17) is 23.2 Å². The highest BCUT2D eigenvalue weighted by Gasteiger charge is 2.16. The van der Waals surface area contributed by atoms with E-state index in [0.717, 1.165) is 11.3 Å². The normalized spacial score (nSPS) is 12.3. The minimum absolute atomic E-state index is 0.0796. The second-order valence-electron chi connectivity index (χ2n) is 4.11. The number of carbonyl (C=O) groups excluding carboxylic acids is 1. The van der Waals surface area contributed by atoms with E-state index in [9.17, 15) is 9.00 Å². The van der Waals surface area contributed by atoms with Crippen molar-refractivity contribution in [1.82, 2.24) is 0 Å². The van der Waals surface area contributed by atoms with Crippen molar-refractivity contribution >= 4 is 51.1 Å². The quantitative estimate of drug-likeness (QED) is 0.741. The van der Waals surface area contributed by atoms with Crippen LogP contribution in [0.4, 0.5) is 0 Å². The first-order valence-electron chi connectivity index (χ1n) is 5.96. The molecule has 106 valence electrons. The maximum Gasteiger partial charge on any atom is 0.185 e. The number of aryl methyl sites for hydroxylation is 1. The SMILES string of the molecule is CCc1ccc(C(=O)CS(=O)c2cc(Cl)ccc2Cl)s1. The van der Waals surface area contributed by atoms with Gasteiger partial charge in [0.05, 0.1) is 31.3 Å². The lowest BCUT2D eigenvalue weighted by atomic mass is 10.3. The van der Waals surface area contributed by atoms with Crippen LogP contribution in [0.3, 0.4) is 0 Å². The molecule has 1 aromatic carbocycles. The van der Waals surface area contributed by atoms with Gasteiger partial charge in [-0.15, -0.1) is 11.3 Å². The molecular formula is C14H12Cl2O2S2. The molecule has 0 aliphatic rings. The summed E-state index contributed by atoms with van der Waals surface area (Å²) in [5.74, 6) is -0.215. The fraction of sp³-hybridized carbons (Fsp3) is 0.214. The summed E-state index contributed by atoms with van der Waals surface area (Å²) in [6.45, 7) is 2.03. The molecule has 0 bridgehead atoms. The van der Waals surface area contributed by atoms with Gasteiger partial charge in [0.1, 0.15) is 0 Å². The van der Waals surface area contributed by atoms with Crippen LogP contribution in [-0.2, 0) is 17.2 Å². The number of hydrogen-bond acceptors (Lipinski definition) is 3. The third-order valence-electron chi connectivity index (χ3n) is 2.69. The molecule has 0 N–H and O–H groups in total. The highest BCUT2D eigenvalue weighted by atomic mass is 35.5. The second-order valence-corrected chi connectivity index (χ2v) is 7.54. The van der Waals surface area contributed by atoms with Crippen LogP contribution >= 0.6 is 34.5 Å². The number of Topliss-reactive ketones (excluding diaryl/α,β-unsaturated/α-hetero) is 1. The zero-order valence-electron chi connectivity index (χ0n) is 10.7. The lowest BCUT2D eigenvalue weighted by Crippen LogP contribution is -2.10. The molecule has 0 aliphatic carbocycles. The van der Waals surface area contributed by atoms with Gasteiger partial charge in [-0.3, -0.25) is 9.00 Å². The van der Waals surface area contributed by atoms with Gasteiger partial charge in [-0.05, 0) is 36.8 Å². The van der Waals surface area contributed by atoms with Crippen LogP contribution in [0.15, 0.2) is 35.2 Å². The van der Waals surface area contributed by atoms with Crippen molar-refractivity contribution < 1.29 is 9.00 Å². The number of hydrogen-bond donors (Lipinski definition) is 0. The highest BCUT2D eigenvalue weighted by Crippen LogP contribution is 2.25. The van der Waals surface area contributed by atoms with Crippen molar-refractivity contribution in [3.05, 3.63) is 50.1 Å². The summed E-state index contributed by atoms with van der Waals surface area (Å²) in [4.78, 5) is 14.3.